The number of anilines is 1. The molecule has 0 unspecified atom stereocenters. The summed E-state index contributed by atoms with van der Waals surface area (Å²) in [5, 5.41) is 2.99. The Balaban J connectivity index is 0.00000261. The van der Waals surface area contributed by atoms with E-state index in [-0.39, 0.29) is 40.9 Å². The largest absolute Gasteiger partial charge is 0.497 e. The molecule has 9 heteroatoms. The summed E-state index contributed by atoms with van der Waals surface area (Å²) in [6, 6.07) is 14.1. The molecule has 146 valence electrons. The average Bonchev–Trinajstić information content (AvgIpc) is 3.44. The number of hydrogen-bond acceptors (Lipinski definition) is 4. The average molecular weight is 502 g/mol. The summed E-state index contributed by atoms with van der Waals surface area (Å²) < 4.78 is 32.0. The van der Waals surface area contributed by atoms with Crippen LogP contribution in [0.15, 0.2) is 58.4 Å². The predicted molar refractivity (Wildman–Crippen MR) is 117 cm³/mol. The number of benzene rings is 2. The lowest BCUT2D eigenvalue weighted by molar-refractivity contribution is 0.415. The number of nitrogens with one attached hydrogen (secondary N) is 2. The molecule has 0 bridgehead atoms. The molecule has 0 spiro atoms. The predicted octanol–water partition coefficient (Wildman–Crippen LogP) is 2.68. The highest BCUT2D eigenvalue weighted by atomic mass is 127. The molecule has 0 aliphatic heterocycles. The molecule has 7 nitrogen and oxygen atoms in total. The Bertz CT molecular complexity index is 880. The van der Waals surface area contributed by atoms with Crippen LogP contribution in [0.4, 0.5) is 5.69 Å². The third-order valence-electron chi connectivity index (χ3n) is 3.93. The molecule has 1 aliphatic rings. The topological polar surface area (TPSA) is 106 Å². The smallest absolute Gasteiger partial charge is 0.240 e. The second-order valence-corrected chi connectivity index (χ2v) is 7.81. The number of methoxy groups -OCH3 is 1. The first-order chi connectivity index (χ1) is 12.5. The standard InChI is InChI=1S/C18H22N4O3S.HI/c1-25-16-8-6-14(7-9-16)21-18(19)20-12-13-2-10-17(11-3-13)26(23,24)22-15-4-5-15;/h2-3,6-11,15,22H,4-5,12H2,1H3,(H3,19,20,21);1H. The summed E-state index contributed by atoms with van der Waals surface area (Å²) in [6.07, 6.45) is 1.82. The molecule has 1 fully saturated rings. The van der Waals surface area contributed by atoms with E-state index in [4.69, 9.17) is 10.5 Å². The van der Waals surface area contributed by atoms with Crippen molar-refractivity contribution in [3.63, 3.8) is 0 Å². The van der Waals surface area contributed by atoms with Crippen LogP contribution < -0.4 is 20.5 Å². The van der Waals surface area contributed by atoms with E-state index >= 15 is 0 Å². The Morgan fingerprint density at radius 3 is 2.33 bits per heavy atom. The summed E-state index contributed by atoms with van der Waals surface area (Å²) in [5.74, 6) is 1.04. The monoisotopic (exact) mass is 502 g/mol. The molecule has 2 aromatic rings. The van der Waals surface area contributed by atoms with Crippen LogP contribution >= 0.6 is 24.0 Å². The van der Waals surface area contributed by atoms with E-state index in [1.807, 2.05) is 24.3 Å². The zero-order chi connectivity index (χ0) is 18.6. The number of sulfonamides is 1. The molecule has 4 N–H and O–H groups in total. The minimum absolute atomic E-state index is 0. The zero-order valence-corrected chi connectivity index (χ0v) is 18.0. The first-order valence-corrected chi connectivity index (χ1v) is 9.77. The van der Waals surface area contributed by atoms with Gasteiger partial charge in [0, 0.05) is 11.7 Å². The Morgan fingerprint density at radius 2 is 1.78 bits per heavy atom. The van der Waals surface area contributed by atoms with E-state index in [0.717, 1.165) is 29.8 Å². The van der Waals surface area contributed by atoms with Crippen molar-refractivity contribution in [1.82, 2.24) is 4.72 Å². The summed E-state index contributed by atoms with van der Waals surface area (Å²) in [7, 11) is -1.82. The number of guanidine groups is 1. The van der Waals surface area contributed by atoms with Crippen LogP contribution in [0.25, 0.3) is 0 Å². The maximum Gasteiger partial charge on any atom is 0.240 e. The fourth-order valence-corrected chi connectivity index (χ4v) is 3.61. The second-order valence-electron chi connectivity index (χ2n) is 6.09. The molecule has 0 aromatic heterocycles. The van der Waals surface area contributed by atoms with Gasteiger partial charge in [-0.1, -0.05) is 12.1 Å². The van der Waals surface area contributed by atoms with Gasteiger partial charge in [-0.05, 0) is 54.8 Å². The molecule has 0 atom stereocenters. The van der Waals surface area contributed by atoms with Gasteiger partial charge in [0.15, 0.2) is 5.96 Å². The second kappa shape index (κ2) is 9.38. The summed E-state index contributed by atoms with van der Waals surface area (Å²) >= 11 is 0. The van der Waals surface area contributed by atoms with E-state index in [1.165, 1.54) is 0 Å². The number of nitrogens with two attached hydrogens (primary N) is 1. The molecule has 1 saturated carbocycles. The fourth-order valence-electron chi connectivity index (χ4n) is 2.30. The van der Waals surface area contributed by atoms with Crippen molar-refractivity contribution in [2.75, 3.05) is 12.4 Å². The number of hydrogen-bond donors (Lipinski definition) is 3. The number of ether oxygens (including phenoxy) is 1. The van der Waals surface area contributed by atoms with Crippen molar-refractivity contribution in [1.29, 1.82) is 0 Å². The first-order valence-electron chi connectivity index (χ1n) is 8.28. The van der Waals surface area contributed by atoms with E-state index in [1.54, 1.807) is 31.4 Å². The van der Waals surface area contributed by atoms with E-state index < -0.39 is 10.0 Å². The van der Waals surface area contributed by atoms with Gasteiger partial charge in [0.2, 0.25) is 10.0 Å². The Morgan fingerprint density at radius 1 is 1.15 bits per heavy atom. The number of aliphatic imine (C=N–C) groups is 1. The quantitative estimate of drug-likeness (QED) is 0.307. The van der Waals surface area contributed by atoms with E-state index in [0.29, 0.717) is 6.54 Å². The van der Waals surface area contributed by atoms with E-state index in [9.17, 15) is 8.42 Å². The summed E-state index contributed by atoms with van der Waals surface area (Å²) in [4.78, 5) is 4.53. The van der Waals surface area contributed by atoms with Gasteiger partial charge in [-0.2, -0.15) is 0 Å². The normalized spacial score (nSPS) is 14.3. The summed E-state index contributed by atoms with van der Waals surface area (Å²) in [6.45, 7) is 0.353. The number of nitrogens with zero attached hydrogens (tertiary/aromatic N) is 1. The van der Waals surface area contributed by atoms with Gasteiger partial charge in [-0.3, -0.25) is 0 Å². The van der Waals surface area contributed by atoms with Crippen LogP contribution in [0.5, 0.6) is 5.75 Å². The number of rotatable bonds is 7. The van der Waals surface area contributed by atoms with Crippen LogP contribution in [0, 0.1) is 0 Å². The highest BCUT2D eigenvalue weighted by Gasteiger charge is 2.27. The van der Waals surface area contributed by atoms with Crippen molar-refractivity contribution in [2.24, 2.45) is 10.7 Å². The fraction of sp³-hybridized carbons (Fsp3) is 0.278. The number of halogens is 1. The lowest BCUT2D eigenvalue weighted by atomic mass is 10.2. The molecule has 3 rings (SSSR count). The molecular weight excluding hydrogens is 479 g/mol. The molecule has 0 radical (unpaired) electrons. The van der Waals surface area contributed by atoms with Crippen molar-refractivity contribution < 1.29 is 13.2 Å². The van der Waals surface area contributed by atoms with Crippen LogP contribution in [0.3, 0.4) is 0 Å². The summed E-state index contributed by atoms with van der Waals surface area (Å²) in [5.41, 5.74) is 7.56. The van der Waals surface area contributed by atoms with Gasteiger partial charge < -0.3 is 15.8 Å². The lowest BCUT2D eigenvalue weighted by Gasteiger charge is -2.08. The highest BCUT2D eigenvalue weighted by Crippen LogP contribution is 2.22. The van der Waals surface area contributed by atoms with Gasteiger partial charge in [-0.15, -0.1) is 24.0 Å². The van der Waals surface area contributed by atoms with Crippen LogP contribution in [-0.2, 0) is 16.6 Å². The van der Waals surface area contributed by atoms with Crippen molar-refractivity contribution in [2.45, 2.75) is 30.3 Å². The Kier molecular flexibility index (Phi) is 7.45. The van der Waals surface area contributed by atoms with Crippen molar-refractivity contribution in [3.8, 4) is 5.75 Å². The molecular formula is C18H23IN4O3S. The third kappa shape index (κ3) is 6.36. The SMILES string of the molecule is COc1ccc(NC(N)=NCc2ccc(S(=O)(=O)NC3CC3)cc2)cc1.I. The molecule has 0 heterocycles. The molecule has 27 heavy (non-hydrogen) atoms. The third-order valence-corrected chi connectivity index (χ3v) is 5.46. The first kappa shape index (κ1) is 21.5. The van der Waals surface area contributed by atoms with Crippen molar-refractivity contribution in [3.05, 3.63) is 54.1 Å². The van der Waals surface area contributed by atoms with E-state index in [2.05, 4.69) is 15.0 Å². The molecule has 0 amide bonds. The van der Waals surface area contributed by atoms with Gasteiger partial charge in [-0.25, -0.2) is 18.1 Å². The van der Waals surface area contributed by atoms with Crippen LogP contribution in [-0.4, -0.2) is 27.5 Å². The Hall–Kier alpha value is -1.85. The molecule has 2 aromatic carbocycles. The lowest BCUT2D eigenvalue weighted by Crippen LogP contribution is -2.25. The van der Waals surface area contributed by atoms with Gasteiger partial charge >= 0.3 is 0 Å². The molecule has 0 saturated heterocycles. The van der Waals surface area contributed by atoms with Crippen molar-refractivity contribution >= 4 is 45.6 Å². The van der Waals surface area contributed by atoms with Gasteiger partial charge in [0.1, 0.15) is 5.75 Å². The van der Waals surface area contributed by atoms with Gasteiger partial charge in [0.05, 0.1) is 18.6 Å². The highest BCUT2D eigenvalue weighted by molar-refractivity contribution is 14.0. The van der Waals surface area contributed by atoms with Crippen LogP contribution in [0.2, 0.25) is 0 Å². The zero-order valence-electron chi connectivity index (χ0n) is 14.9. The molecule has 1 aliphatic carbocycles. The maximum absolute atomic E-state index is 12.1. The van der Waals surface area contributed by atoms with Gasteiger partial charge in [0.25, 0.3) is 0 Å². The maximum atomic E-state index is 12.1. The van der Waals surface area contributed by atoms with Crippen LogP contribution in [0.1, 0.15) is 18.4 Å². The minimum atomic E-state index is -3.42. The Labute approximate surface area is 176 Å². The minimum Gasteiger partial charge on any atom is -0.497 e.